The molecule has 13 rings (SSSR count). The lowest BCUT2D eigenvalue weighted by Gasteiger charge is -2.18. The van der Waals surface area contributed by atoms with Gasteiger partial charge >= 0.3 is 0 Å². The molecular formula is C54H31NO. The second kappa shape index (κ2) is 11.1. The molecule has 0 amide bonds. The van der Waals surface area contributed by atoms with E-state index in [-0.39, 0.29) is 0 Å². The number of rotatable bonds is 3. The van der Waals surface area contributed by atoms with Gasteiger partial charge in [0.15, 0.2) is 0 Å². The largest absolute Gasteiger partial charge is 0.456 e. The molecule has 258 valence electrons. The molecule has 0 aliphatic heterocycles. The van der Waals surface area contributed by atoms with Crippen LogP contribution in [0.15, 0.2) is 192 Å². The van der Waals surface area contributed by atoms with E-state index in [1.165, 1.54) is 97.9 Å². The monoisotopic (exact) mass is 709 g/mol. The topological polar surface area (TPSA) is 18.1 Å². The summed E-state index contributed by atoms with van der Waals surface area (Å²) >= 11 is 0. The van der Waals surface area contributed by atoms with Crippen LogP contribution in [-0.4, -0.2) is 4.57 Å². The van der Waals surface area contributed by atoms with Crippen LogP contribution in [0.5, 0.6) is 0 Å². The number of hydrogen-bond acceptors (Lipinski definition) is 1. The molecule has 13 aromatic rings. The minimum Gasteiger partial charge on any atom is -0.456 e. The SMILES string of the molecule is c1ccc2c(c1)cc(-c1ccc3ccc4c(-c5ccc(-n6c7ccccc7c7cc8oc9ccccc9c8cc76)cc5)ccc5ccc1c3c54)c1ccccc12. The smallest absolute Gasteiger partial charge is 0.136 e. The van der Waals surface area contributed by atoms with Crippen molar-refractivity contribution in [1.29, 1.82) is 0 Å². The summed E-state index contributed by atoms with van der Waals surface area (Å²) in [6.45, 7) is 0. The first-order valence-corrected chi connectivity index (χ1v) is 19.3. The molecule has 0 bridgehead atoms. The lowest BCUT2D eigenvalue weighted by Crippen LogP contribution is -1.94. The van der Waals surface area contributed by atoms with E-state index in [2.05, 4.69) is 187 Å². The fourth-order valence-corrected chi connectivity index (χ4v) is 9.82. The maximum atomic E-state index is 6.32. The molecule has 0 aliphatic carbocycles. The highest BCUT2D eigenvalue weighted by Crippen LogP contribution is 2.45. The number of fused-ring (bicyclic) bond motifs is 9. The molecule has 2 heterocycles. The Morgan fingerprint density at radius 1 is 0.304 bits per heavy atom. The Morgan fingerprint density at radius 3 is 1.73 bits per heavy atom. The van der Waals surface area contributed by atoms with Crippen LogP contribution in [-0.2, 0) is 0 Å². The summed E-state index contributed by atoms with van der Waals surface area (Å²) in [5.74, 6) is 0. The Bertz CT molecular complexity index is 3750. The molecule has 0 atom stereocenters. The standard InChI is InChI=1S/C54H31NO/c1-2-10-37-35(9-1)29-46(40-12-4-3-11-39(37)40)41-26-20-34-21-27-44-38(25-19-33-22-28-45(41)54(34)53(33)44)32-17-23-36(24-18-32)55-49-15-7-5-13-42(49)47-31-52-48(30-50(47)55)43-14-6-8-16-51(43)56-52/h1-31H. The second-order valence-electron chi connectivity index (χ2n) is 15.2. The van der Waals surface area contributed by atoms with Crippen LogP contribution >= 0.6 is 0 Å². The zero-order chi connectivity index (χ0) is 36.5. The van der Waals surface area contributed by atoms with Crippen LogP contribution in [0, 0.1) is 0 Å². The zero-order valence-corrected chi connectivity index (χ0v) is 30.3. The Labute approximate surface area is 321 Å². The van der Waals surface area contributed by atoms with Crippen LogP contribution in [0.25, 0.3) is 126 Å². The second-order valence-corrected chi connectivity index (χ2v) is 15.2. The molecule has 2 nitrogen and oxygen atoms in total. The molecule has 0 unspecified atom stereocenters. The van der Waals surface area contributed by atoms with E-state index in [0.717, 1.165) is 27.6 Å². The summed E-state index contributed by atoms with van der Waals surface area (Å²) < 4.78 is 8.72. The van der Waals surface area contributed by atoms with Gasteiger partial charge in [-0.1, -0.05) is 146 Å². The number of furan rings is 1. The number of aromatic nitrogens is 1. The third-order valence-electron chi connectivity index (χ3n) is 12.3. The van der Waals surface area contributed by atoms with Crippen molar-refractivity contribution in [3.05, 3.63) is 188 Å². The first kappa shape index (κ1) is 30.0. The molecule has 11 aromatic carbocycles. The first-order valence-electron chi connectivity index (χ1n) is 19.3. The molecule has 2 aromatic heterocycles. The van der Waals surface area contributed by atoms with Gasteiger partial charge in [0.2, 0.25) is 0 Å². The van der Waals surface area contributed by atoms with Gasteiger partial charge in [-0.05, 0) is 119 Å². The summed E-state index contributed by atoms with van der Waals surface area (Å²) in [4.78, 5) is 0. The van der Waals surface area contributed by atoms with Gasteiger partial charge < -0.3 is 8.98 Å². The lowest BCUT2D eigenvalue weighted by molar-refractivity contribution is 0.669. The summed E-state index contributed by atoms with van der Waals surface area (Å²) in [5, 5.41) is 17.6. The minimum absolute atomic E-state index is 0.919. The molecule has 0 aliphatic rings. The maximum absolute atomic E-state index is 6.32. The molecule has 56 heavy (non-hydrogen) atoms. The Morgan fingerprint density at radius 2 is 0.929 bits per heavy atom. The fraction of sp³-hybridized carbons (Fsp3) is 0. The van der Waals surface area contributed by atoms with E-state index in [4.69, 9.17) is 4.42 Å². The fourth-order valence-electron chi connectivity index (χ4n) is 9.82. The Kier molecular flexibility index (Phi) is 5.92. The van der Waals surface area contributed by atoms with Crippen LogP contribution in [0.3, 0.4) is 0 Å². The van der Waals surface area contributed by atoms with Crippen LogP contribution < -0.4 is 0 Å². The van der Waals surface area contributed by atoms with Crippen molar-refractivity contribution in [3.8, 4) is 27.9 Å². The van der Waals surface area contributed by atoms with Gasteiger partial charge in [0.25, 0.3) is 0 Å². The molecular weight excluding hydrogens is 679 g/mol. The zero-order valence-electron chi connectivity index (χ0n) is 30.3. The van der Waals surface area contributed by atoms with Crippen LogP contribution in [0.1, 0.15) is 0 Å². The molecule has 2 heteroatoms. The lowest BCUT2D eigenvalue weighted by atomic mass is 9.85. The minimum atomic E-state index is 0.919. The van der Waals surface area contributed by atoms with Crippen molar-refractivity contribution in [2.24, 2.45) is 0 Å². The predicted molar refractivity (Wildman–Crippen MR) is 238 cm³/mol. The van der Waals surface area contributed by atoms with Gasteiger partial charge in [0.1, 0.15) is 11.2 Å². The van der Waals surface area contributed by atoms with Gasteiger partial charge in [-0.25, -0.2) is 0 Å². The highest BCUT2D eigenvalue weighted by molar-refractivity contribution is 6.29. The van der Waals surface area contributed by atoms with Crippen molar-refractivity contribution in [1.82, 2.24) is 4.57 Å². The summed E-state index contributed by atoms with van der Waals surface area (Å²) in [6.07, 6.45) is 0. The Balaban J connectivity index is 0.993. The summed E-state index contributed by atoms with van der Waals surface area (Å²) in [5.41, 5.74) is 10.3. The van der Waals surface area contributed by atoms with Crippen molar-refractivity contribution >= 4 is 97.6 Å². The molecule has 0 fully saturated rings. The number of benzene rings is 11. The third kappa shape index (κ3) is 4.05. The van der Waals surface area contributed by atoms with Crippen molar-refractivity contribution in [2.45, 2.75) is 0 Å². The Hall–Kier alpha value is -7.42. The van der Waals surface area contributed by atoms with Crippen molar-refractivity contribution in [3.63, 3.8) is 0 Å². The maximum Gasteiger partial charge on any atom is 0.136 e. The van der Waals surface area contributed by atoms with E-state index in [1.807, 2.05) is 6.07 Å². The average Bonchev–Trinajstić information content (AvgIpc) is 3.79. The molecule has 0 saturated heterocycles. The first-order chi connectivity index (χ1) is 27.8. The average molecular weight is 710 g/mol. The van der Waals surface area contributed by atoms with E-state index >= 15 is 0 Å². The molecule has 0 N–H and O–H groups in total. The highest BCUT2D eigenvalue weighted by Gasteiger charge is 2.19. The van der Waals surface area contributed by atoms with Crippen LogP contribution in [0.2, 0.25) is 0 Å². The summed E-state index contributed by atoms with van der Waals surface area (Å²) in [7, 11) is 0. The van der Waals surface area contributed by atoms with Gasteiger partial charge in [-0.2, -0.15) is 0 Å². The highest BCUT2D eigenvalue weighted by atomic mass is 16.3. The van der Waals surface area contributed by atoms with E-state index < -0.39 is 0 Å². The number of nitrogens with zero attached hydrogens (tertiary/aromatic N) is 1. The molecule has 0 radical (unpaired) electrons. The van der Waals surface area contributed by atoms with E-state index in [1.54, 1.807) is 0 Å². The van der Waals surface area contributed by atoms with Gasteiger partial charge in [0.05, 0.1) is 11.0 Å². The van der Waals surface area contributed by atoms with E-state index in [0.29, 0.717) is 0 Å². The quantitative estimate of drug-likeness (QED) is 0.167. The van der Waals surface area contributed by atoms with Crippen molar-refractivity contribution < 1.29 is 4.42 Å². The third-order valence-corrected chi connectivity index (χ3v) is 12.3. The molecule has 0 spiro atoms. The number of hydrogen-bond donors (Lipinski definition) is 0. The molecule has 0 saturated carbocycles. The van der Waals surface area contributed by atoms with Gasteiger partial charge in [-0.3, -0.25) is 0 Å². The van der Waals surface area contributed by atoms with E-state index in [9.17, 15) is 0 Å². The van der Waals surface area contributed by atoms with Crippen molar-refractivity contribution in [2.75, 3.05) is 0 Å². The number of para-hydroxylation sites is 2. The van der Waals surface area contributed by atoms with Crippen LogP contribution in [0.4, 0.5) is 0 Å². The van der Waals surface area contributed by atoms with Gasteiger partial charge in [0, 0.05) is 27.2 Å². The normalized spacial score (nSPS) is 12.3. The summed E-state index contributed by atoms with van der Waals surface area (Å²) in [6, 6.07) is 69.2. The van der Waals surface area contributed by atoms with Gasteiger partial charge in [-0.15, -0.1) is 0 Å². The predicted octanol–water partition coefficient (Wildman–Crippen LogP) is 15.2.